The topological polar surface area (TPSA) is 52.8 Å². The summed E-state index contributed by atoms with van der Waals surface area (Å²) in [7, 11) is 3.15. The number of benzene rings is 1. The van der Waals surface area contributed by atoms with Gasteiger partial charge < -0.3 is 9.30 Å². The summed E-state index contributed by atoms with van der Waals surface area (Å²) in [5.41, 5.74) is 2.71. The molecule has 0 N–H and O–H groups in total. The number of alkyl halides is 3. The third kappa shape index (κ3) is 4.11. The van der Waals surface area contributed by atoms with E-state index in [9.17, 15) is 13.2 Å². The largest absolute Gasteiger partial charge is 0.481 e. The second kappa shape index (κ2) is 7.50. The number of rotatable bonds is 6. The molecule has 1 aliphatic rings. The van der Waals surface area contributed by atoms with Crippen LogP contribution in [0.5, 0.6) is 5.88 Å². The number of ether oxygens (including phenoxy) is 1. The highest BCUT2D eigenvalue weighted by molar-refractivity contribution is 5.57. The van der Waals surface area contributed by atoms with E-state index >= 15 is 0 Å². The molecule has 0 amide bonds. The van der Waals surface area contributed by atoms with E-state index in [2.05, 4.69) is 15.0 Å². The minimum atomic E-state index is -4.46. The summed E-state index contributed by atoms with van der Waals surface area (Å²) in [4.78, 5) is 12.4. The van der Waals surface area contributed by atoms with Gasteiger partial charge in [0, 0.05) is 30.3 Å². The van der Waals surface area contributed by atoms with E-state index in [1.54, 1.807) is 26.3 Å². The van der Waals surface area contributed by atoms with Crippen molar-refractivity contribution in [2.24, 2.45) is 7.05 Å². The number of aryl methyl sites for hydroxylation is 1. The Bertz CT molecular complexity index is 1010. The molecule has 0 spiro atoms. The van der Waals surface area contributed by atoms with Crippen LogP contribution in [0.15, 0.2) is 36.8 Å². The van der Waals surface area contributed by atoms with Gasteiger partial charge in [0.05, 0.1) is 12.8 Å². The SMILES string of the molecule is COc1ncnc(C2CC2)c1C[CH]c1ccc(-c2nc(C(F)(F)F)cn2C)cc1. The van der Waals surface area contributed by atoms with Crippen molar-refractivity contribution >= 4 is 0 Å². The lowest BCUT2D eigenvalue weighted by Crippen LogP contribution is -2.04. The molecule has 3 aromatic rings. The van der Waals surface area contributed by atoms with Gasteiger partial charge in [-0.3, -0.25) is 0 Å². The number of nitrogens with zero attached hydrogens (tertiary/aromatic N) is 4. The fourth-order valence-corrected chi connectivity index (χ4v) is 3.34. The highest BCUT2D eigenvalue weighted by atomic mass is 19.4. The van der Waals surface area contributed by atoms with E-state index in [4.69, 9.17) is 4.74 Å². The van der Waals surface area contributed by atoms with E-state index in [1.165, 1.54) is 10.9 Å². The maximum absolute atomic E-state index is 12.9. The summed E-state index contributed by atoms with van der Waals surface area (Å²) >= 11 is 0. The molecule has 1 radical (unpaired) electrons. The third-order valence-corrected chi connectivity index (χ3v) is 4.97. The van der Waals surface area contributed by atoms with Gasteiger partial charge in [0.2, 0.25) is 5.88 Å². The predicted molar refractivity (Wildman–Crippen MR) is 101 cm³/mol. The smallest absolute Gasteiger partial charge is 0.434 e. The highest BCUT2D eigenvalue weighted by Crippen LogP contribution is 2.42. The van der Waals surface area contributed by atoms with Gasteiger partial charge in [-0.1, -0.05) is 24.3 Å². The first-order valence-electron chi connectivity index (χ1n) is 9.28. The highest BCUT2D eigenvalue weighted by Gasteiger charge is 2.34. The predicted octanol–water partition coefficient (Wildman–Crippen LogP) is 4.58. The Morgan fingerprint density at radius 2 is 1.90 bits per heavy atom. The average molecular weight is 401 g/mol. The van der Waals surface area contributed by atoms with Crippen LogP contribution < -0.4 is 4.74 Å². The summed E-state index contributed by atoms with van der Waals surface area (Å²) in [5, 5.41) is 0. The summed E-state index contributed by atoms with van der Waals surface area (Å²) in [6, 6.07) is 7.28. The van der Waals surface area contributed by atoms with Crippen molar-refractivity contribution in [3.63, 3.8) is 0 Å². The second-order valence-electron chi connectivity index (χ2n) is 7.11. The van der Waals surface area contributed by atoms with Crippen LogP contribution in [0.25, 0.3) is 11.4 Å². The Morgan fingerprint density at radius 1 is 1.17 bits per heavy atom. The first-order chi connectivity index (χ1) is 13.9. The van der Waals surface area contributed by atoms with Gasteiger partial charge in [-0.15, -0.1) is 0 Å². The van der Waals surface area contributed by atoms with Crippen molar-refractivity contribution in [1.29, 1.82) is 0 Å². The summed E-state index contributed by atoms with van der Waals surface area (Å²) in [6.07, 6.45) is 2.99. The Labute approximate surface area is 166 Å². The Morgan fingerprint density at radius 3 is 2.48 bits per heavy atom. The number of hydrogen-bond donors (Lipinski definition) is 0. The molecule has 0 bridgehead atoms. The van der Waals surface area contributed by atoms with E-state index in [-0.39, 0.29) is 5.82 Å². The fourth-order valence-electron chi connectivity index (χ4n) is 3.34. The molecule has 0 atom stereocenters. The van der Waals surface area contributed by atoms with Gasteiger partial charge in [0.15, 0.2) is 5.69 Å². The molecule has 2 aromatic heterocycles. The zero-order chi connectivity index (χ0) is 20.6. The number of aromatic nitrogens is 4. The molecule has 1 fully saturated rings. The molecule has 1 aliphatic carbocycles. The van der Waals surface area contributed by atoms with Crippen LogP contribution in [0.1, 0.15) is 41.3 Å². The lowest BCUT2D eigenvalue weighted by atomic mass is 10.0. The number of methoxy groups -OCH3 is 1. The summed E-state index contributed by atoms with van der Waals surface area (Å²) in [6.45, 7) is 0. The summed E-state index contributed by atoms with van der Waals surface area (Å²) < 4.78 is 45.4. The quantitative estimate of drug-likeness (QED) is 0.607. The van der Waals surface area contributed by atoms with Crippen LogP contribution in [0.4, 0.5) is 13.2 Å². The maximum atomic E-state index is 12.9. The zero-order valence-corrected chi connectivity index (χ0v) is 16.1. The van der Waals surface area contributed by atoms with E-state index in [0.29, 0.717) is 23.8 Å². The van der Waals surface area contributed by atoms with Crippen LogP contribution >= 0.6 is 0 Å². The van der Waals surface area contributed by atoms with Crippen molar-refractivity contribution in [3.05, 3.63) is 65.7 Å². The number of imidazole rings is 1. The Hall–Kier alpha value is -2.90. The lowest BCUT2D eigenvalue weighted by Gasteiger charge is -2.11. The van der Waals surface area contributed by atoms with E-state index < -0.39 is 11.9 Å². The first kappa shape index (κ1) is 19.4. The monoisotopic (exact) mass is 401 g/mol. The van der Waals surface area contributed by atoms with Crippen LogP contribution in [0.2, 0.25) is 0 Å². The normalized spacial score (nSPS) is 14.2. The van der Waals surface area contributed by atoms with Gasteiger partial charge in [0.1, 0.15) is 12.2 Å². The van der Waals surface area contributed by atoms with Gasteiger partial charge in [-0.25, -0.2) is 15.0 Å². The van der Waals surface area contributed by atoms with Crippen LogP contribution in [0, 0.1) is 6.42 Å². The molecular weight excluding hydrogens is 381 g/mol. The van der Waals surface area contributed by atoms with Crippen molar-refractivity contribution in [1.82, 2.24) is 19.5 Å². The Balaban J connectivity index is 1.51. The number of hydrogen-bond acceptors (Lipinski definition) is 4. The molecule has 1 saturated carbocycles. The van der Waals surface area contributed by atoms with Crippen LogP contribution in [-0.2, 0) is 19.6 Å². The molecule has 8 heteroatoms. The minimum Gasteiger partial charge on any atom is -0.481 e. The molecule has 1 aromatic carbocycles. The van der Waals surface area contributed by atoms with Crippen LogP contribution in [0.3, 0.4) is 0 Å². The average Bonchev–Trinajstić information content (AvgIpc) is 3.47. The third-order valence-electron chi connectivity index (χ3n) is 4.97. The standard InChI is InChI=1S/C21H20F3N4O/c1-28-11-17(21(22,23)24)27-19(28)15-6-3-13(4-7-15)5-10-16-18(14-8-9-14)25-12-26-20(16)29-2/h3-7,11-12,14H,8-10H2,1-2H3. The zero-order valence-electron chi connectivity index (χ0n) is 16.1. The van der Waals surface area contributed by atoms with Crippen molar-refractivity contribution in [3.8, 4) is 17.3 Å². The molecule has 29 heavy (non-hydrogen) atoms. The molecule has 0 saturated heterocycles. The molecule has 151 valence electrons. The van der Waals surface area contributed by atoms with E-state index in [0.717, 1.165) is 35.9 Å². The molecule has 5 nitrogen and oxygen atoms in total. The van der Waals surface area contributed by atoms with Gasteiger partial charge in [-0.05, 0) is 31.2 Å². The molecule has 2 heterocycles. The van der Waals surface area contributed by atoms with Gasteiger partial charge in [-0.2, -0.15) is 13.2 Å². The summed E-state index contributed by atoms with van der Waals surface area (Å²) in [5.74, 6) is 1.34. The first-order valence-corrected chi connectivity index (χ1v) is 9.28. The van der Waals surface area contributed by atoms with Crippen molar-refractivity contribution in [2.75, 3.05) is 7.11 Å². The minimum absolute atomic E-state index is 0.276. The van der Waals surface area contributed by atoms with Crippen LogP contribution in [-0.4, -0.2) is 26.6 Å². The van der Waals surface area contributed by atoms with E-state index in [1.807, 2.05) is 18.6 Å². The van der Waals surface area contributed by atoms with Gasteiger partial charge in [0.25, 0.3) is 0 Å². The Kier molecular flexibility index (Phi) is 5.02. The van der Waals surface area contributed by atoms with Gasteiger partial charge >= 0.3 is 6.18 Å². The van der Waals surface area contributed by atoms with Crippen molar-refractivity contribution in [2.45, 2.75) is 31.4 Å². The molecule has 0 unspecified atom stereocenters. The molecular formula is C21H20F3N4O. The fraction of sp³-hybridized carbons (Fsp3) is 0.333. The lowest BCUT2D eigenvalue weighted by molar-refractivity contribution is -0.140. The molecule has 4 rings (SSSR count). The maximum Gasteiger partial charge on any atom is 0.434 e. The molecule has 0 aliphatic heterocycles. The van der Waals surface area contributed by atoms with Crippen molar-refractivity contribution < 1.29 is 17.9 Å². The number of halogens is 3. The second-order valence-corrected chi connectivity index (χ2v) is 7.11.